The van der Waals surface area contributed by atoms with Crippen molar-refractivity contribution >= 4 is 5.91 Å². The first-order chi connectivity index (χ1) is 9.17. The Morgan fingerprint density at radius 1 is 1.40 bits per heavy atom. The van der Waals surface area contributed by atoms with Crippen LogP contribution in [0.5, 0.6) is 0 Å². The third-order valence-electron chi connectivity index (χ3n) is 2.71. The predicted molar refractivity (Wildman–Crippen MR) is 68.3 cm³/mol. The number of hydrogen-bond acceptors (Lipinski definition) is 3. The number of hydrogen-bond donors (Lipinski definition) is 1. The number of carbonyl (C=O) groups excluding carboxylic acids is 1. The molecule has 1 aliphatic heterocycles. The first-order valence-electron chi connectivity index (χ1n) is 6.01. The van der Waals surface area contributed by atoms with Gasteiger partial charge < -0.3 is 15.4 Å². The topological polar surface area (TPSA) is 55.6 Å². The molecule has 1 aliphatic rings. The van der Waals surface area contributed by atoms with Crippen LogP contribution in [0.1, 0.15) is 12.8 Å². The van der Waals surface area contributed by atoms with Gasteiger partial charge in [-0.25, -0.2) is 0 Å². The molecule has 7 heteroatoms. The standard InChI is InChI=1S/C13H17F3N2O2/c1-9(3-4-10(2)20-13(14,15)16)7-12(19)18-6-5-11(17)8-18/h3-4,11H,1-2,5-8,17H2/b4-3-. The molecule has 1 heterocycles. The summed E-state index contributed by atoms with van der Waals surface area (Å²) in [5.41, 5.74) is 6.06. The molecular weight excluding hydrogens is 273 g/mol. The van der Waals surface area contributed by atoms with Crippen molar-refractivity contribution < 1.29 is 22.7 Å². The Kier molecular flexibility index (Phi) is 5.38. The van der Waals surface area contributed by atoms with Gasteiger partial charge in [0.05, 0.1) is 6.42 Å². The summed E-state index contributed by atoms with van der Waals surface area (Å²) in [6.45, 7) is 7.80. The summed E-state index contributed by atoms with van der Waals surface area (Å²) in [6.07, 6.45) is -1.68. The molecule has 1 saturated heterocycles. The van der Waals surface area contributed by atoms with Crippen molar-refractivity contribution in [2.24, 2.45) is 5.73 Å². The third kappa shape index (κ3) is 5.92. The summed E-state index contributed by atoms with van der Waals surface area (Å²) in [5.74, 6) is -0.704. The highest BCUT2D eigenvalue weighted by molar-refractivity contribution is 5.79. The predicted octanol–water partition coefficient (Wildman–Crippen LogP) is 2.10. The Morgan fingerprint density at radius 3 is 2.55 bits per heavy atom. The first-order valence-corrected chi connectivity index (χ1v) is 6.01. The van der Waals surface area contributed by atoms with E-state index in [1.165, 1.54) is 6.08 Å². The van der Waals surface area contributed by atoms with Gasteiger partial charge in [-0.15, -0.1) is 13.2 Å². The van der Waals surface area contributed by atoms with Crippen LogP contribution in [0, 0.1) is 0 Å². The average molecular weight is 290 g/mol. The van der Waals surface area contributed by atoms with Gasteiger partial charge in [-0.1, -0.05) is 19.2 Å². The van der Waals surface area contributed by atoms with Crippen molar-refractivity contribution in [2.45, 2.75) is 25.2 Å². The molecule has 0 bridgehead atoms. The molecule has 1 amide bonds. The fourth-order valence-corrected chi connectivity index (χ4v) is 1.77. The molecule has 1 fully saturated rings. The number of amides is 1. The van der Waals surface area contributed by atoms with Gasteiger partial charge in [-0.05, 0) is 18.1 Å². The zero-order valence-electron chi connectivity index (χ0n) is 10.9. The van der Waals surface area contributed by atoms with Gasteiger partial charge in [-0.2, -0.15) is 0 Å². The molecule has 1 unspecified atom stereocenters. The molecule has 0 aromatic heterocycles. The number of ether oxygens (including phenoxy) is 1. The summed E-state index contributed by atoms with van der Waals surface area (Å²) >= 11 is 0. The third-order valence-corrected chi connectivity index (χ3v) is 2.71. The van der Waals surface area contributed by atoms with Crippen LogP contribution in [0.15, 0.2) is 36.6 Å². The van der Waals surface area contributed by atoms with Crippen molar-refractivity contribution in [3.8, 4) is 0 Å². The van der Waals surface area contributed by atoms with Gasteiger partial charge in [0.2, 0.25) is 5.91 Å². The van der Waals surface area contributed by atoms with Crippen LogP contribution in [0.4, 0.5) is 13.2 Å². The van der Waals surface area contributed by atoms with E-state index in [0.29, 0.717) is 18.7 Å². The van der Waals surface area contributed by atoms with Crippen LogP contribution in [0.2, 0.25) is 0 Å². The minimum Gasteiger partial charge on any atom is -0.406 e. The second kappa shape index (κ2) is 6.60. The fourth-order valence-electron chi connectivity index (χ4n) is 1.77. The molecule has 20 heavy (non-hydrogen) atoms. The number of alkyl halides is 3. The molecule has 0 spiro atoms. The highest BCUT2D eigenvalue weighted by atomic mass is 19.4. The maximum atomic E-state index is 11.9. The fraction of sp³-hybridized carbons (Fsp3) is 0.462. The number of halogens is 3. The lowest BCUT2D eigenvalue weighted by molar-refractivity contribution is -0.303. The maximum absolute atomic E-state index is 11.9. The van der Waals surface area contributed by atoms with Crippen LogP contribution in [0.3, 0.4) is 0 Å². The van der Waals surface area contributed by atoms with E-state index in [-0.39, 0.29) is 18.4 Å². The molecule has 1 atom stereocenters. The zero-order valence-corrected chi connectivity index (χ0v) is 10.9. The van der Waals surface area contributed by atoms with E-state index in [1.54, 1.807) is 4.90 Å². The first kappa shape index (κ1) is 16.3. The van der Waals surface area contributed by atoms with E-state index in [2.05, 4.69) is 17.9 Å². The molecule has 0 radical (unpaired) electrons. The zero-order chi connectivity index (χ0) is 15.3. The van der Waals surface area contributed by atoms with E-state index in [9.17, 15) is 18.0 Å². The van der Waals surface area contributed by atoms with Crippen molar-refractivity contribution in [1.29, 1.82) is 0 Å². The number of carbonyl (C=O) groups is 1. The van der Waals surface area contributed by atoms with Gasteiger partial charge in [0.15, 0.2) is 0 Å². The van der Waals surface area contributed by atoms with Crippen LogP contribution in [-0.4, -0.2) is 36.3 Å². The molecule has 2 N–H and O–H groups in total. The van der Waals surface area contributed by atoms with Crippen molar-refractivity contribution in [2.75, 3.05) is 13.1 Å². The van der Waals surface area contributed by atoms with Crippen LogP contribution in [-0.2, 0) is 9.53 Å². The van der Waals surface area contributed by atoms with E-state index in [4.69, 9.17) is 5.73 Å². The SMILES string of the molecule is C=C(/C=C\C(=C)OC(F)(F)F)CC(=O)N1CCC(N)C1. The van der Waals surface area contributed by atoms with Crippen LogP contribution in [0.25, 0.3) is 0 Å². The number of nitrogens with zero attached hydrogens (tertiary/aromatic N) is 1. The lowest BCUT2D eigenvalue weighted by atomic mass is 10.2. The minimum absolute atomic E-state index is 0.0114. The van der Waals surface area contributed by atoms with Crippen LogP contribution < -0.4 is 5.73 Å². The monoisotopic (exact) mass is 290 g/mol. The normalized spacial score (nSPS) is 19.4. The van der Waals surface area contributed by atoms with Gasteiger partial charge in [0.25, 0.3) is 0 Å². The van der Waals surface area contributed by atoms with E-state index < -0.39 is 12.1 Å². The van der Waals surface area contributed by atoms with E-state index >= 15 is 0 Å². The highest BCUT2D eigenvalue weighted by Crippen LogP contribution is 2.20. The van der Waals surface area contributed by atoms with E-state index in [0.717, 1.165) is 12.5 Å². The average Bonchev–Trinajstić information content (AvgIpc) is 2.71. The van der Waals surface area contributed by atoms with Crippen LogP contribution >= 0.6 is 0 Å². The Morgan fingerprint density at radius 2 is 2.05 bits per heavy atom. The van der Waals surface area contributed by atoms with Gasteiger partial charge in [0.1, 0.15) is 5.76 Å². The molecule has 1 rings (SSSR count). The van der Waals surface area contributed by atoms with Crippen molar-refractivity contribution in [1.82, 2.24) is 4.90 Å². The molecule has 0 aliphatic carbocycles. The quantitative estimate of drug-likeness (QED) is 0.623. The molecular formula is C13H17F3N2O2. The Labute approximate surface area is 115 Å². The summed E-state index contributed by atoms with van der Waals surface area (Å²) in [7, 11) is 0. The van der Waals surface area contributed by atoms with E-state index in [1.807, 2.05) is 0 Å². The highest BCUT2D eigenvalue weighted by Gasteiger charge is 2.30. The lowest BCUT2D eigenvalue weighted by Crippen LogP contribution is -2.31. The largest absolute Gasteiger partial charge is 0.573 e. The number of allylic oxidation sites excluding steroid dienone is 2. The molecule has 4 nitrogen and oxygen atoms in total. The smallest absolute Gasteiger partial charge is 0.406 e. The van der Waals surface area contributed by atoms with Gasteiger partial charge in [0, 0.05) is 19.1 Å². The summed E-state index contributed by atoms with van der Waals surface area (Å²) < 4.78 is 39.2. The summed E-state index contributed by atoms with van der Waals surface area (Å²) in [4.78, 5) is 13.4. The van der Waals surface area contributed by atoms with Crippen molar-refractivity contribution in [3.63, 3.8) is 0 Å². The molecule has 0 aromatic carbocycles. The molecule has 0 saturated carbocycles. The minimum atomic E-state index is -4.77. The van der Waals surface area contributed by atoms with Gasteiger partial charge >= 0.3 is 6.36 Å². The Balaban J connectivity index is 2.39. The second-order valence-electron chi connectivity index (χ2n) is 4.57. The number of likely N-dealkylation sites (tertiary alicyclic amines) is 1. The summed E-state index contributed by atoms with van der Waals surface area (Å²) in [6, 6.07) is -0.0114. The summed E-state index contributed by atoms with van der Waals surface area (Å²) in [5, 5.41) is 0. The molecule has 112 valence electrons. The molecule has 0 aromatic rings. The van der Waals surface area contributed by atoms with Gasteiger partial charge in [-0.3, -0.25) is 4.79 Å². The second-order valence-corrected chi connectivity index (χ2v) is 4.57. The Hall–Kier alpha value is -1.76. The lowest BCUT2D eigenvalue weighted by Gasteiger charge is -2.15. The number of rotatable bonds is 5. The Bertz CT molecular complexity index is 430. The maximum Gasteiger partial charge on any atom is 0.573 e. The van der Waals surface area contributed by atoms with Crippen molar-refractivity contribution in [3.05, 3.63) is 36.6 Å². The number of nitrogens with two attached hydrogens (primary N) is 1.